The molecular formula is C36H62N6O7S. The minimum absolute atomic E-state index is 0.0683. The third kappa shape index (κ3) is 10.1. The molecule has 2 saturated carbocycles. The summed E-state index contributed by atoms with van der Waals surface area (Å²) in [4.78, 5) is 69.6. The minimum atomic E-state index is -3.47. The highest BCUT2D eigenvalue weighted by Gasteiger charge is 2.64. The fourth-order valence-corrected chi connectivity index (χ4v) is 7.97. The van der Waals surface area contributed by atoms with E-state index in [1.54, 1.807) is 4.90 Å². The Morgan fingerprint density at radius 2 is 1.66 bits per heavy atom. The van der Waals surface area contributed by atoms with Gasteiger partial charge in [0, 0.05) is 32.7 Å². The van der Waals surface area contributed by atoms with E-state index in [0.29, 0.717) is 19.4 Å². The molecule has 0 aromatic carbocycles. The number of Topliss-reactive ketones (excluding diaryl/α,β-unsaturated/α-hetero) is 1. The lowest BCUT2D eigenvalue weighted by Gasteiger charge is -2.37. The van der Waals surface area contributed by atoms with Gasteiger partial charge < -0.3 is 20.9 Å². The number of nitrogens with zero attached hydrogens (tertiary/aromatic N) is 2. The second-order valence-corrected chi connectivity index (χ2v) is 19.0. The van der Waals surface area contributed by atoms with Crippen LogP contribution in [0.5, 0.6) is 0 Å². The molecule has 3 aliphatic rings. The van der Waals surface area contributed by atoms with Gasteiger partial charge >= 0.3 is 0 Å². The Hall–Kier alpha value is -2.84. The summed E-state index contributed by atoms with van der Waals surface area (Å²) in [7, 11) is -2.00. The van der Waals surface area contributed by atoms with Crippen LogP contribution >= 0.6 is 0 Å². The van der Waals surface area contributed by atoms with E-state index >= 15 is 0 Å². The highest BCUT2D eigenvalue weighted by atomic mass is 32.2. The lowest BCUT2D eigenvalue weighted by atomic mass is 9.85. The quantitative estimate of drug-likeness (QED) is 0.130. The largest absolute Gasteiger partial charge is 0.350 e. The number of hydrogen-bond acceptors (Lipinski definition) is 8. The number of rotatable bonds is 17. The zero-order valence-corrected chi connectivity index (χ0v) is 32.5. The molecule has 1 saturated heterocycles. The fraction of sp³-hybridized carbons (Fsp3) is 0.806. The van der Waals surface area contributed by atoms with Crippen molar-refractivity contribution in [3.63, 3.8) is 0 Å². The summed E-state index contributed by atoms with van der Waals surface area (Å²) in [5.41, 5.74) is -0.967. The summed E-state index contributed by atoms with van der Waals surface area (Å²) in [5.74, 6) is -2.52. The van der Waals surface area contributed by atoms with Crippen LogP contribution in [0.4, 0.5) is 0 Å². The number of carbonyl (C=O) groups is 5. The molecule has 4 amide bonds. The molecule has 0 bridgehead atoms. The maximum Gasteiger partial charge on any atom is 0.289 e. The molecule has 3 rings (SSSR count). The molecule has 3 fully saturated rings. The molecule has 50 heavy (non-hydrogen) atoms. The van der Waals surface area contributed by atoms with Gasteiger partial charge in [-0.25, -0.2) is 12.7 Å². The number of nitrogens with one attached hydrogen (secondary N) is 4. The number of likely N-dealkylation sites (N-methyl/N-ethyl adjacent to an activating group) is 1. The number of fused-ring (bicyclic) bond motifs is 2. The molecule has 0 radical (unpaired) electrons. The van der Waals surface area contributed by atoms with Crippen LogP contribution in [-0.2, 0) is 34.0 Å². The van der Waals surface area contributed by atoms with E-state index in [2.05, 4.69) is 27.8 Å². The minimum Gasteiger partial charge on any atom is -0.350 e. The predicted molar refractivity (Wildman–Crippen MR) is 193 cm³/mol. The molecule has 0 aromatic rings. The van der Waals surface area contributed by atoms with Crippen molar-refractivity contribution >= 4 is 39.4 Å². The van der Waals surface area contributed by atoms with Crippen molar-refractivity contribution in [1.82, 2.24) is 30.5 Å². The Labute approximate surface area is 299 Å². The summed E-state index contributed by atoms with van der Waals surface area (Å²) in [6.07, 6.45) is 8.23. The smallest absolute Gasteiger partial charge is 0.289 e. The molecule has 1 heterocycles. The van der Waals surface area contributed by atoms with Gasteiger partial charge in [0.1, 0.15) is 6.04 Å². The van der Waals surface area contributed by atoms with E-state index in [4.69, 9.17) is 0 Å². The molecule has 6 atom stereocenters. The average Bonchev–Trinajstić information content (AvgIpc) is 3.57. The van der Waals surface area contributed by atoms with Crippen molar-refractivity contribution in [2.45, 2.75) is 118 Å². The van der Waals surface area contributed by atoms with Crippen LogP contribution < -0.4 is 21.3 Å². The second kappa shape index (κ2) is 16.2. The highest BCUT2D eigenvalue weighted by molar-refractivity contribution is 7.88. The van der Waals surface area contributed by atoms with Crippen LogP contribution in [0.15, 0.2) is 12.7 Å². The van der Waals surface area contributed by atoms with Gasteiger partial charge in [0.2, 0.25) is 33.5 Å². The van der Waals surface area contributed by atoms with Gasteiger partial charge in [-0.3, -0.25) is 29.3 Å². The van der Waals surface area contributed by atoms with E-state index in [1.165, 1.54) is 17.4 Å². The van der Waals surface area contributed by atoms with Crippen LogP contribution in [-0.4, -0.2) is 111 Å². The third-order valence-corrected chi connectivity index (χ3v) is 12.2. The molecular weight excluding hydrogens is 660 g/mol. The van der Waals surface area contributed by atoms with Crippen LogP contribution in [0.2, 0.25) is 0 Å². The summed E-state index contributed by atoms with van der Waals surface area (Å²) in [6.45, 7) is 17.4. The Morgan fingerprint density at radius 3 is 2.18 bits per heavy atom. The lowest BCUT2D eigenvalue weighted by Crippen LogP contribution is -2.60. The molecule has 1 spiro atoms. The topological polar surface area (TPSA) is 174 Å². The summed E-state index contributed by atoms with van der Waals surface area (Å²) in [5, 5.41) is 11.5. The second-order valence-electron chi connectivity index (χ2n) is 16.9. The van der Waals surface area contributed by atoms with Crippen molar-refractivity contribution in [2.24, 2.45) is 28.1 Å². The van der Waals surface area contributed by atoms with Gasteiger partial charge in [-0.05, 0) is 60.2 Å². The van der Waals surface area contributed by atoms with Gasteiger partial charge in [0.05, 0.1) is 24.9 Å². The Kier molecular flexibility index (Phi) is 13.5. The molecule has 13 nitrogen and oxygen atoms in total. The number of sulfonamides is 1. The Bertz CT molecular complexity index is 1400. The summed E-state index contributed by atoms with van der Waals surface area (Å²) >= 11 is 0. The van der Waals surface area contributed by atoms with Gasteiger partial charge in [-0.15, -0.1) is 6.58 Å². The highest BCUT2D eigenvalue weighted by Crippen LogP contribution is 2.66. The average molecular weight is 723 g/mol. The number of likely N-dealkylation sites (tertiary alicyclic amines) is 1. The van der Waals surface area contributed by atoms with E-state index in [9.17, 15) is 32.4 Å². The summed E-state index contributed by atoms with van der Waals surface area (Å²) in [6, 6.07) is -3.15. The first kappa shape index (κ1) is 41.6. The van der Waals surface area contributed by atoms with Crippen molar-refractivity contribution in [2.75, 3.05) is 39.5 Å². The number of amides is 4. The first-order valence-corrected chi connectivity index (χ1v) is 19.9. The van der Waals surface area contributed by atoms with Gasteiger partial charge in [-0.2, -0.15) is 0 Å². The van der Waals surface area contributed by atoms with Crippen molar-refractivity contribution in [3.8, 4) is 0 Å². The van der Waals surface area contributed by atoms with E-state index in [1.807, 2.05) is 48.5 Å². The van der Waals surface area contributed by atoms with Gasteiger partial charge in [-0.1, -0.05) is 67.4 Å². The predicted octanol–water partition coefficient (Wildman–Crippen LogP) is 1.98. The molecule has 1 aliphatic heterocycles. The molecule has 1 unspecified atom stereocenters. The number of unbranched alkanes of at least 4 members (excludes halogenated alkanes) is 1. The van der Waals surface area contributed by atoms with Crippen molar-refractivity contribution in [1.29, 1.82) is 0 Å². The molecule has 4 N–H and O–H groups in total. The molecule has 2 aliphatic carbocycles. The summed E-state index contributed by atoms with van der Waals surface area (Å²) < 4.78 is 25.4. The molecule has 0 aromatic heterocycles. The first-order chi connectivity index (χ1) is 23.1. The fourth-order valence-electron chi connectivity index (χ4n) is 7.55. The monoisotopic (exact) mass is 722 g/mol. The molecule has 14 heteroatoms. The van der Waals surface area contributed by atoms with Crippen LogP contribution in [0, 0.1) is 28.1 Å². The maximum atomic E-state index is 14.6. The first-order valence-electron chi connectivity index (χ1n) is 18.0. The Balaban J connectivity index is 1.84. The maximum absolute atomic E-state index is 14.6. The Morgan fingerprint density at radius 1 is 1.02 bits per heavy atom. The zero-order valence-electron chi connectivity index (χ0n) is 31.7. The van der Waals surface area contributed by atoms with Crippen LogP contribution in [0.1, 0.15) is 93.4 Å². The standard InChI is InChI=1S/C36H62N6O7S/c1-11-13-14-25(29(44)32(46)37-19-12-2)39-31(45)28-23-15-16-36(17-18-36)24(23)21-42(28)33(47)30(35(6,7)8)38-20-27(43)40-26(34(3,4)5)22-41(9)50(10,48)49/h12,23-26,28,30,38H,2,11,13-22H2,1,3-10H3,(H,37,46)(H,39,45)(H,40,43)/t23-,24-,25?,26+,28-,30+/m0/s1. The third-order valence-electron chi connectivity index (χ3n) is 10.9. The van der Waals surface area contributed by atoms with Crippen LogP contribution in [0.25, 0.3) is 0 Å². The van der Waals surface area contributed by atoms with E-state index in [0.717, 1.165) is 38.4 Å². The van der Waals surface area contributed by atoms with Gasteiger partial charge in [0.25, 0.3) is 5.91 Å². The van der Waals surface area contributed by atoms with Crippen molar-refractivity contribution < 1.29 is 32.4 Å². The number of carbonyl (C=O) groups excluding carboxylic acids is 5. The lowest BCUT2D eigenvalue weighted by molar-refractivity contribution is -0.145. The van der Waals surface area contributed by atoms with E-state index < -0.39 is 62.6 Å². The SMILES string of the molecule is C=CCNC(=O)C(=O)C(CCCC)NC(=O)[C@@H]1[C@H]2CCC3(CC3)[C@H]2CN1C(=O)[C@@H](NCC(=O)N[C@H](CN(C)S(C)(=O)=O)C(C)(C)C)C(C)(C)C. The molecule has 284 valence electrons. The number of ketones is 1. The van der Waals surface area contributed by atoms with Crippen LogP contribution in [0.3, 0.4) is 0 Å². The zero-order chi connectivity index (χ0) is 37.8. The number of hydrogen-bond donors (Lipinski definition) is 4. The van der Waals surface area contributed by atoms with Gasteiger partial charge in [0.15, 0.2) is 0 Å². The van der Waals surface area contributed by atoms with Crippen molar-refractivity contribution in [3.05, 3.63) is 12.7 Å². The van der Waals surface area contributed by atoms with E-state index in [-0.39, 0.29) is 48.7 Å². The normalized spacial score (nSPS) is 23.2.